The molecular formula is C18H12BrClN2O. The number of rotatable bonds is 2. The van der Waals surface area contributed by atoms with Crippen LogP contribution in [0.3, 0.4) is 0 Å². The molecular weight excluding hydrogens is 376 g/mol. The van der Waals surface area contributed by atoms with Crippen molar-refractivity contribution in [1.82, 2.24) is 5.16 Å². The number of nitrogens with zero attached hydrogens (tertiary/aromatic N) is 2. The molecule has 3 rings (SSSR count). The van der Waals surface area contributed by atoms with E-state index in [4.69, 9.17) is 16.1 Å². The van der Waals surface area contributed by atoms with Crippen molar-refractivity contribution in [2.75, 3.05) is 0 Å². The fourth-order valence-electron chi connectivity index (χ4n) is 2.65. The molecule has 0 unspecified atom stereocenters. The molecule has 0 N–H and O–H groups in total. The second kappa shape index (κ2) is 6.19. The molecule has 0 saturated carbocycles. The van der Waals surface area contributed by atoms with Gasteiger partial charge in [0.15, 0.2) is 5.76 Å². The predicted octanol–water partition coefficient (Wildman–Crippen LogP) is 5.91. The van der Waals surface area contributed by atoms with Crippen molar-refractivity contribution < 1.29 is 4.52 Å². The van der Waals surface area contributed by atoms with Gasteiger partial charge in [-0.05, 0) is 61.4 Å². The van der Waals surface area contributed by atoms with Gasteiger partial charge in [0.2, 0.25) is 0 Å². The largest absolute Gasteiger partial charge is 0.354 e. The first-order valence-electron chi connectivity index (χ1n) is 6.94. The van der Waals surface area contributed by atoms with Gasteiger partial charge in [0, 0.05) is 20.6 Å². The maximum absolute atomic E-state index is 9.62. The van der Waals surface area contributed by atoms with E-state index in [0.717, 1.165) is 26.7 Å². The number of hydrogen-bond acceptors (Lipinski definition) is 3. The lowest BCUT2D eigenvalue weighted by Gasteiger charge is -2.08. The normalized spacial score (nSPS) is 10.6. The first-order chi connectivity index (χ1) is 11.0. The molecule has 0 spiro atoms. The van der Waals surface area contributed by atoms with Crippen molar-refractivity contribution in [3.05, 3.63) is 62.6 Å². The molecule has 1 heterocycles. The third-order valence-electron chi connectivity index (χ3n) is 3.64. The van der Waals surface area contributed by atoms with E-state index in [1.807, 2.05) is 38.1 Å². The van der Waals surface area contributed by atoms with Crippen molar-refractivity contribution >= 4 is 27.5 Å². The Bertz CT molecular complexity index is 900. The van der Waals surface area contributed by atoms with Gasteiger partial charge in [-0.15, -0.1) is 0 Å². The zero-order valence-electron chi connectivity index (χ0n) is 12.5. The molecule has 2 aromatic carbocycles. The zero-order chi connectivity index (χ0) is 16.6. The molecule has 0 amide bonds. The Morgan fingerprint density at radius 2 is 1.74 bits per heavy atom. The van der Waals surface area contributed by atoms with E-state index in [0.29, 0.717) is 22.0 Å². The molecule has 3 aromatic rings. The van der Waals surface area contributed by atoms with Crippen LogP contribution in [0.5, 0.6) is 0 Å². The highest BCUT2D eigenvalue weighted by Crippen LogP contribution is 2.36. The number of hydrogen-bond donors (Lipinski definition) is 0. The van der Waals surface area contributed by atoms with Gasteiger partial charge in [-0.25, -0.2) is 0 Å². The van der Waals surface area contributed by atoms with Gasteiger partial charge >= 0.3 is 0 Å². The molecule has 114 valence electrons. The maximum Gasteiger partial charge on any atom is 0.185 e. The summed E-state index contributed by atoms with van der Waals surface area (Å²) < 4.78 is 6.48. The highest BCUT2D eigenvalue weighted by molar-refractivity contribution is 9.10. The highest BCUT2D eigenvalue weighted by atomic mass is 79.9. The van der Waals surface area contributed by atoms with E-state index in [1.165, 1.54) is 0 Å². The van der Waals surface area contributed by atoms with E-state index >= 15 is 0 Å². The lowest BCUT2D eigenvalue weighted by Crippen LogP contribution is -1.91. The van der Waals surface area contributed by atoms with E-state index in [2.05, 4.69) is 27.2 Å². The SMILES string of the molecule is Cc1cc(Br)cc(C)c1-c1noc(-c2ccc(Cl)cc2)c1C#N. The molecule has 1 aromatic heterocycles. The quantitative estimate of drug-likeness (QED) is 0.549. The van der Waals surface area contributed by atoms with Gasteiger partial charge in [-0.2, -0.15) is 5.26 Å². The summed E-state index contributed by atoms with van der Waals surface area (Å²) in [5.74, 6) is 0.459. The third-order valence-corrected chi connectivity index (χ3v) is 4.35. The van der Waals surface area contributed by atoms with E-state index in [9.17, 15) is 5.26 Å². The van der Waals surface area contributed by atoms with Crippen LogP contribution in [-0.2, 0) is 0 Å². The topological polar surface area (TPSA) is 49.8 Å². The smallest absolute Gasteiger partial charge is 0.185 e. The van der Waals surface area contributed by atoms with Crippen LogP contribution in [0.4, 0.5) is 0 Å². The van der Waals surface area contributed by atoms with E-state index in [-0.39, 0.29) is 0 Å². The number of aromatic nitrogens is 1. The number of benzene rings is 2. The Morgan fingerprint density at radius 3 is 2.30 bits per heavy atom. The van der Waals surface area contributed by atoms with E-state index in [1.54, 1.807) is 12.1 Å². The Kier molecular flexibility index (Phi) is 4.25. The van der Waals surface area contributed by atoms with Crippen LogP contribution in [-0.4, -0.2) is 5.16 Å². The van der Waals surface area contributed by atoms with Crippen LogP contribution in [0, 0.1) is 25.2 Å². The number of nitriles is 1. The van der Waals surface area contributed by atoms with Crippen LogP contribution in [0.25, 0.3) is 22.6 Å². The minimum atomic E-state index is 0.431. The van der Waals surface area contributed by atoms with Crippen molar-refractivity contribution in [2.45, 2.75) is 13.8 Å². The molecule has 0 aliphatic heterocycles. The van der Waals surface area contributed by atoms with E-state index < -0.39 is 0 Å². The molecule has 0 atom stereocenters. The Balaban J connectivity index is 2.21. The number of aryl methyl sites for hydroxylation is 2. The summed E-state index contributed by atoms with van der Waals surface area (Å²) in [4.78, 5) is 0. The van der Waals surface area contributed by atoms with Crippen LogP contribution < -0.4 is 0 Å². The lowest BCUT2D eigenvalue weighted by molar-refractivity contribution is 0.434. The molecule has 0 fully saturated rings. The highest BCUT2D eigenvalue weighted by Gasteiger charge is 2.21. The van der Waals surface area contributed by atoms with Crippen molar-refractivity contribution in [1.29, 1.82) is 5.26 Å². The standard InChI is InChI=1S/C18H12BrClN2O/c1-10-7-13(19)8-11(2)16(10)17-15(9-21)18(23-22-17)12-3-5-14(20)6-4-12/h3-8H,1-2H3. The van der Waals surface area contributed by atoms with Gasteiger partial charge in [0.25, 0.3) is 0 Å². The first kappa shape index (κ1) is 15.8. The monoisotopic (exact) mass is 386 g/mol. The fourth-order valence-corrected chi connectivity index (χ4v) is 3.46. The van der Waals surface area contributed by atoms with Crippen LogP contribution >= 0.6 is 27.5 Å². The van der Waals surface area contributed by atoms with Crippen molar-refractivity contribution in [3.63, 3.8) is 0 Å². The molecule has 0 bridgehead atoms. The van der Waals surface area contributed by atoms with Crippen molar-refractivity contribution in [3.8, 4) is 28.7 Å². The van der Waals surface area contributed by atoms with Crippen LogP contribution in [0.1, 0.15) is 16.7 Å². The zero-order valence-corrected chi connectivity index (χ0v) is 14.9. The Hall–Kier alpha value is -2.09. The summed E-state index contributed by atoms with van der Waals surface area (Å²) in [5.41, 5.74) is 4.76. The maximum atomic E-state index is 9.62. The van der Waals surface area contributed by atoms with Crippen LogP contribution in [0.15, 0.2) is 45.4 Å². The average Bonchev–Trinajstić information content (AvgIpc) is 2.90. The van der Waals surface area contributed by atoms with Gasteiger partial charge in [0.1, 0.15) is 17.3 Å². The molecule has 3 nitrogen and oxygen atoms in total. The summed E-state index contributed by atoms with van der Waals surface area (Å²) in [6.45, 7) is 3.98. The number of halogens is 2. The minimum absolute atomic E-state index is 0.431. The molecule has 0 aliphatic rings. The fraction of sp³-hybridized carbons (Fsp3) is 0.111. The molecule has 0 radical (unpaired) electrons. The molecule has 0 saturated heterocycles. The predicted molar refractivity (Wildman–Crippen MR) is 94.3 cm³/mol. The summed E-state index contributed by atoms with van der Waals surface area (Å²) in [5, 5.41) is 14.4. The van der Waals surface area contributed by atoms with Gasteiger partial charge < -0.3 is 4.52 Å². The average molecular weight is 388 g/mol. The first-order valence-corrected chi connectivity index (χ1v) is 8.11. The Morgan fingerprint density at radius 1 is 1.13 bits per heavy atom. The molecule has 23 heavy (non-hydrogen) atoms. The summed E-state index contributed by atoms with van der Waals surface area (Å²) in [6.07, 6.45) is 0. The van der Waals surface area contributed by atoms with Gasteiger partial charge in [0.05, 0.1) is 0 Å². The molecule has 0 aliphatic carbocycles. The van der Waals surface area contributed by atoms with Gasteiger partial charge in [-0.1, -0.05) is 32.7 Å². The summed E-state index contributed by atoms with van der Waals surface area (Å²) in [6, 6.07) is 13.4. The molecule has 5 heteroatoms. The Labute approximate surface area is 147 Å². The minimum Gasteiger partial charge on any atom is -0.354 e. The summed E-state index contributed by atoms with van der Waals surface area (Å²) >= 11 is 9.40. The van der Waals surface area contributed by atoms with Crippen LogP contribution in [0.2, 0.25) is 5.02 Å². The lowest BCUT2D eigenvalue weighted by atomic mass is 9.96. The third kappa shape index (κ3) is 2.90. The van der Waals surface area contributed by atoms with Crippen molar-refractivity contribution in [2.24, 2.45) is 0 Å². The summed E-state index contributed by atoms with van der Waals surface area (Å²) in [7, 11) is 0. The second-order valence-corrected chi connectivity index (χ2v) is 6.62. The van der Waals surface area contributed by atoms with Gasteiger partial charge in [-0.3, -0.25) is 0 Å². The second-order valence-electron chi connectivity index (χ2n) is 5.27.